The summed E-state index contributed by atoms with van der Waals surface area (Å²) in [5, 5.41) is 11.8. The Balaban J connectivity index is 3.17. The molecular formula is C4H6N3O3+. The van der Waals surface area contributed by atoms with Gasteiger partial charge in [-0.15, -0.1) is 0 Å². The van der Waals surface area contributed by atoms with E-state index >= 15 is 0 Å². The lowest BCUT2D eigenvalue weighted by atomic mass is 10.3. The van der Waals surface area contributed by atoms with Gasteiger partial charge in [0.2, 0.25) is 0 Å². The zero-order valence-corrected chi connectivity index (χ0v) is 5.24. The molecule has 1 amide bonds. The zero-order chi connectivity index (χ0) is 7.72. The van der Waals surface area contributed by atoms with Gasteiger partial charge in [-0.2, -0.15) is 0 Å². The molecule has 0 fully saturated rings. The van der Waals surface area contributed by atoms with Gasteiger partial charge in [0.05, 0.1) is 0 Å². The van der Waals surface area contributed by atoms with Crippen molar-refractivity contribution in [2.45, 2.75) is 6.92 Å². The monoisotopic (exact) mass is 144 g/mol. The number of nitrogens with two attached hydrogens (primary N) is 1. The van der Waals surface area contributed by atoms with Crippen LogP contribution in [0.2, 0.25) is 0 Å². The number of nitrogens with zero attached hydrogens (tertiary/aromatic N) is 2. The maximum atomic E-state index is 10.4. The molecular weight excluding hydrogens is 138 g/mol. The van der Waals surface area contributed by atoms with Crippen LogP contribution in [0.3, 0.4) is 0 Å². The molecule has 0 aliphatic heterocycles. The highest BCUT2D eigenvalue weighted by molar-refractivity contribution is 5.91. The van der Waals surface area contributed by atoms with Crippen LogP contribution in [0.25, 0.3) is 0 Å². The molecule has 1 heterocycles. The van der Waals surface area contributed by atoms with Crippen molar-refractivity contribution in [1.29, 1.82) is 0 Å². The molecule has 0 saturated carbocycles. The third kappa shape index (κ3) is 0.790. The van der Waals surface area contributed by atoms with Gasteiger partial charge in [0.1, 0.15) is 4.90 Å². The van der Waals surface area contributed by atoms with Gasteiger partial charge in [-0.3, -0.25) is 4.79 Å². The molecule has 3 N–H and O–H groups in total. The molecule has 10 heavy (non-hydrogen) atoms. The maximum absolute atomic E-state index is 10.4. The molecule has 0 aliphatic rings. The largest absolute Gasteiger partial charge is 0.362 e. The highest BCUT2D eigenvalue weighted by Crippen LogP contribution is 1.94. The Hall–Kier alpha value is -1.59. The highest BCUT2D eigenvalue weighted by Gasteiger charge is 2.24. The maximum Gasteiger partial charge on any atom is 0.337 e. The van der Waals surface area contributed by atoms with Gasteiger partial charge in [0.15, 0.2) is 5.16 Å². The number of rotatable bonds is 1. The summed E-state index contributed by atoms with van der Waals surface area (Å²) < 4.78 is 4.18. The smallest absolute Gasteiger partial charge is 0.337 e. The summed E-state index contributed by atoms with van der Waals surface area (Å²) in [5.41, 5.74) is 4.96. The van der Waals surface area contributed by atoms with E-state index in [-0.39, 0.29) is 11.4 Å². The standard InChI is InChI=1S/C4H5N3O3/c1-2-3(4(5)8)6-10-7(2)9/h1H3,(H2-,5,6,8,9)/p+1. The Labute approximate surface area is 55.8 Å². The van der Waals surface area contributed by atoms with E-state index in [9.17, 15) is 4.79 Å². The van der Waals surface area contributed by atoms with Crippen molar-refractivity contribution < 1.29 is 19.5 Å². The minimum atomic E-state index is -0.728. The fourth-order valence-electron chi connectivity index (χ4n) is 0.521. The van der Waals surface area contributed by atoms with Crippen LogP contribution in [0.5, 0.6) is 0 Å². The average molecular weight is 144 g/mol. The van der Waals surface area contributed by atoms with Crippen LogP contribution >= 0.6 is 0 Å². The van der Waals surface area contributed by atoms with Crippen LogP contribution in [0, 0.1) is 6.92 Å². The van der Waals surface area contributed by atoms with Crippen LogP contribution in [0.4, 0.5) is 0 Å². The van der Waals surface area contributed by atoms with Crippen molar-refractivity contribution >= 4 is 5.91 Å². The highest BCUT2D eigenvalue weighted by atomic mass is 16.8. The molecule has 1 aromatic heterocycles. The van der Waals surface area contributed by atoms with E-state index in [0.717, 1.165) is 0 Å². The molecule has 54 valence electrons. The molecule has 0 spiro atoms. The summed E-state index contributed by atoms with van der Waals surface area (Å²) in [6.07, 6.45) is 0. The van der Waals surface area contributed by atoms with Gasteiger partial charge < -0.3 is 10.9 Å². The fourth-order valence-corrected chi connectivity index (χ4v) is 0.521. The molecule has 0 aromatic carbocycles. The van der Waals surface area contributed by atoms with Gasteiger partial charge in [0.25, 0.3) is 5.69 Å². The molecule has 0 saturated heterocycles. The number of aromatic nitrogens is 2. The number of primary amides is 1. The van der Waals surface area contributed by atoms with Gasteiger partial charge in [-0.1, -0.05) is 0 Å². The SMILES string of the molecule is Cc1c(C(N)=O)no[n+]1O. The van der Waals surface area contributed by atoms with Crippen LogP contribution < -0.4 is 10.6 Å². The molecule has 0 unspecified atom stereocenters. The van der Waals surface area contributed by atoms with Crippen LogP contribution in [0.15, 0.2) is 4.63 Å². The number of hydrogen-bond donors (Lipinski definition) is 2. The van der Waals surface area contributed by atoms with Crippen LogP contribution in [-0.2, 0) is 0 Å². The Kier molecular flexibility index (Phi) is 1.29. The van der Waals surface area contributed by atoms with E-state index in [2.05, 4.69) is 9.79 Å². The first-order valence-corrected chi connectivity index (χ1v) is 2.51. The summed E-state index contributed by atoms with van der Waals surface area (Å²) in [6.45, 7) is 1.45. The second-order valence-electron chi connectivity index (χ2n) is 1.74. The van der Waals surface area contributed by atoms with Crippen LogP contribution in [0.1, 0.15) is 16.2 Å². The first kappa shape index (κ1) is 6.53. The van der Waals surface area contributed by atoms with E-state index in [1.54, 1.807) is 0 Å². The summed E-state index contributed by atoms with van der Waals surface area (Å²) in [5.74, 6) is -0.728. The zero-order valence-electron chi connectivity index (χ0n) is 5.24. The molecule has 1 aromatic rings. The lowest BCUT2D eigenvalue weighted by Gasteiger charge is -1.77. The molecule has 0 atom stereocenters. The third-order valence-corrected chi connectivity index (χ3v) is 1.07. The Morgan fingerprint density at radius 1 is 1.90 bits per heavy atom. The molecule has 0 radical (unpaired) electrons. The average Bonchev–Trinajstić information content (AvgIpc) is 2.14. The number of carbonyl (C=O) groups is 1. The van der Waals surface area contributed by atoms with Crippen LogP contribution in [-0.4, -0.2) is 16.3 Å². The van der Waals surface area contributed by atoms with Gasteiger partial charge in [-0.25, -0.2) is 0 Å². The number of carbonyl (C=O) groups excluding carboxylic acids is 1. The third-order valence-electron chi connectivity index (χ3n) is 1.07. The molecule has 0 bridgehead atoms. The second-order valence-corrected chi connectivity index (χ2v) is 1.74. The summed E-state index contributed by atoms with van der Waals surface area (Å²) in [4.78, 5) is 10.8. The van der Waals surface area contributed by atoms with Crippen molar-refractivity contribution in [3.05, 3.63) is 11.4 Å². The fraction of sp³-hybridized carbons (Fsp3) is 0.250. The first-order valence-electron chi connectivity index (χ1n) is 2.51. The van der Waals surface area contributed by atoms with E-state index < -0.39 is 5.91 Å². The van der Waals surface area contributed by atoms with Crippen molar-refractivity contribution in [2.75, 3.05) is 0 Å². The minimum Gasteiger partial charge on any atom is -0.362 e. The van der Waals surface area contributed by atoms with E-state index in [4.69, 9.17) is 10.9 Å². The Morgan fingerprint density at radius 3 is 2.70 bits per heavy atom. The minimum absolute atomic E-state index is 0.0671. The molecule has 6 heteroatoms. The quantitative estimate of drug-likeness (QED) is 0.474. The molecule has 0 aliphatic carbocycles. The van der Waals surface area contributed by atoms with Gasteiger partial charge >= 0.3 is 11.6 Å². The normalized spacial score (nSPS) is 9.70. The summed E-state index contributed by atoms with van der Waals surface area (Å²) in [6, 6.07) is 0. The topological polar surface area (TPSA) is 93.2 Å². The predicted octanol–water partition coefficient (Wildman–Crippen LogP) is -1.39. The lowest BCUT2D eigenvalue weighted by Crippen LogP contribution is -2.31. The molecule has 6 nitrogen and oxygen atoms in total. The summed E-state index contributed by atoms with van der Waals surface area (Å²) >= 11 is 0. The number of amides is 1. The van der Waals surface area contributed by atoms with Gasteiger partial charge in [-0.05, 0) is 4.63 Å². The van der Waals surface area contributed by atoms with Gasteiger partial charge in [0, 0.05) is 6.92 Å². The van der Waals surface area contributed by atoms with E-state index in [0.29, 0.717) is 4.90 Å². The first-order chi connectivity index (χ1) is 4.63. The second kappa shape index (κ2) is 1.98. The van der Waals surface area contributed by atoms with E-state index in [1.165, 1.54) is 6.92 Å². The lowest BCUT2D eigenvalue weighted by molar-refractivity contribution is -1.04. The Morgan fingerprint density at radius 2 is 2.50 bits per heavy atom. The molecule has 1 rings (SSSR count). The number of hydrogen-bond acceptors (Lipinski definition) is 4. The van der Waals surface area contributed by atoms with Crippen molar-refractivity contribution in [1.82, 2.24) is 5.16 Å². The van der Waals surface area contributed by atoms with E-state index in [1.807, 2.05) is 0 Å². The Bertz CT molecular complexity index is 267. The van der Waals surface area contributed by atoms with Crippen molar-refractivity contribution in [3.63, 3.8) is 0 Å². The summed E-state index contributed by atoms with van der Waals surface area (Å²) in [7, 11) is 0. The van der Waals surface area contributed by atoms with Crippen molar-refractivity contribution in [2.24, 2.45) is 5.73 Å². The predicted molar refractivity (Wildman–Crippen MR) is 27.1 cm³/mol. The van der Waals surface area contributed by atoms with Crippen molar-refractivity contribution in [3.8, 4) is 0 Å².